The SMILES string of the molecule is CCC(COC(C)(C)CC(C)OC(C)(C)C(=O)COc1ccc(C(=O)c2ccccc2)cc1)(COC(C)(CC)CC(C)OC(C)(CC)C(=O)COc1ccc(C(=O)c2ccccc2)cc1)COC(C)(CC)CC(C)OC(C)(CC)C(=O)COc1ccc(C(=O)c2ccccc2)cc1. The highest BCUT2D eigenvalue weighted by atomic mass is 16.6. The van der Waals surface area contributed by atoms with Crippen LogP contribution in [-0.4, -0.2) is 126 Å². The Kier molecular flexibility index (Phi) is 28.6. The predicted octanol–water partition coefficient (Wildman–Crippen LogP) is 16.7. The Labute approximate surface area is 576 Å². The van der Waals surface area contributed by atoms with Crippen LogP contribution in [-0.2, 0) is 42.8 Å². The van der Waals surface area contributed by atoms with Crippen LogP contribution in [0.4, 0.5) is 0 Å². The number of hydrogen-bond donors (Lipinski definition) is 0. The van der Waals surface area contributed by atoms with Crippen molar-refractivity contribution in [2.45, 2.75) is 214 Å². The van der Waals surface area contributed by atoms with Crippen LogP contribution in [0.2, 0.25) is 0 Å². The normalized spacial score (nSPS) is 16.0. The molecule has 15 heteroatoms. The van der Waals surface area contributed by atoms with E-state index in [-0.39, 0.29) is 74.3 Å². The number of carbonyl (C=O) groups is 6. The molecular weight excluding hydrogens is 1220 g/mol. The fourth-order valence-corrected chi connectivity index (χ4v) is 11.6. The molecule has 0 saturated heterocycles. The first-order valence-electron chi connectivity index (χ1n) is 34.4. The van der Waals surface area contributed by atoms with Gasteiger partial charge in [0.25, 0.3) is 0 Å². The monoisotopic (exact) mass is 1330 g/mol. The number of ether oxygens (including phenoxy) is 9. The van der Waals surface area contributed by atoms with E-state index in [2.05, 4.69) is 34.6 Å². The molecule has 7 atom stereocenters. The molecule has 0 aromatic heterocycles. The zero-order valence-electron chi connectivity index (χ0n) is 60.3. The molecule has 0 heterocycles. The van der Waals surface area contributed by atoms with E-state index in [0.29, 0.717) is 102 Å². The van der Waals surface area contributed by atoms with Gasteiger partial charge < -0.3 is 42.6 Å². The number of carbonyl (C=O) groups excluding carboxylic acids is 6. The molecular formula is C82H106O15. The van der Waals surface area contributed by atoms with Crippen LogP contribution in [0.1, 0.15) is 210 Å². The summed E-state index contributed by atoms with van der Waals surface area (Å²) < 4.78 is 59.0. The predicted molar refractivity (Wildman–Crippen MR) is 379 cm³/mol. The van der Waals surface area contributed by atoms with Gasteiger partial charge in [-0.2, -0.15) is 0 Å². The minimum absolute atomic E-state index is 0.104. The summed E-state index contributed by atoms with van der Waals surface area (Å²) in [5, 5.41) is 0. The summed E-state index contributed by atoms with van der Waals surface area (Å²) in [5.74, 6) is 0.364. The van der Waals surface area contributed by atoms with Crippen LogP contribution in [0, 0.1) is 5.41 Å². The quantitative estimate of drug-likeness (QED) is 0.0329. The van der Waals surface area contributed by atoms with Crippen LogP contribution in [0.5, 0.6) is 17.2 Å². The van der Waals surface area contributed by atoms with E-state index in [0.717, 1.165) is 0 Å². The fraction of sp³-hybridized carbons (Fsp3) is 0.488. The topological polar surface area (TPSA) is 185 Å². The van der Waals surface area contributed by atoms with Gasteiger partial charge >= 0.3 is 0 Å². The van der Waals surface area contributed by atoms with E-state index in [1.807, 2.05) is 103 Å². The van der Waals surface area contributed by atoms with Crippen LogP contribution >= 0.6 is 0 Å². The smallest absolute Gasteiger partial charge is 0.201 e. The third-order valence-corrected chi connectivity index (χ3v) is 18.9. The molecule has 6 aromatic rings. The number of hydrogen-bond acceptors (Lipinski definition) is 15. The second-order valence-electron chi connectivity index (χ2n) is 28.0. The van der Waals surface area contributed by atoms with Crippen molar-refractivity contribution < 1.29 is 71.4 Å². The zero-order valence-corrected chi connectivity index (χ0v) is 60.3. The van der Waals surface area contributed by atoms with Crippen molar-refractivity contribution in [1.82, 2.24) is 0 Å². The summed E-state index contributed by atoms with van der Waals surface area (Å²) in [7, 11) is 0. The molecule has 524 valence electrons. The van der Waals surface area contributed by atoms with Gasteiger partial charge in [0, 0.05) is 58.1 Å². The molecule has 0 bridgehead atoms. The van der Waals surface area contributed by atoms with Gasteiger partial charge in [-0.25, -0.2) is 0 Å². The maximum atomic E-state index is 14.0. The minimum Gasteiger partial charge on any atom is -0.486 e. The molecule has 0 aliphatic rings. The Morgan fingerprint density at radius 2 is 0.619 bits per heavy atom. The highest BCUT2D eigenvalue weighted by molar-refractivity contribution is 6.10. The Hall–Kier alpha value is -7.50. The highest BCUT2D eigenvalue weighted by Crippen LogP contribution is 2.37. The van der Waals surface area contributed by atoms with Gasteiger partial charge in [0.15, 0.2) is 17.3 Å². The fourth-order valence-electron chi connectivity index (χ4n) is 11.6. The molecule has 6 rings (SSSR count). The van der Waals surface area contributed by atoms with Crippen LogP contribution in [0.15, 0.2) is 164 Å². The summed E-state index contributed by atoms with van der Waals surface area (Å²) in [6.45, 7) is 31.2. The third kappa shape index (κ3) is 23.0. The molecule has 7 unspecified atom stereocenters. The molecule has 97 heavy (non-hydrogen) atoms. The van der Waals surface area contributed by atoms with E-state index < -0.39 is 57.3 Å². The van der Waals surface area contributed by atoms with Crippen molar-refractivity contribution in [3.05, 3.63) is 197 Å². The lowest BCUT2D eigenvalue weighted by atomic mass is 9.85. The Bertz CT molecular complexity index is 3320. The van der Waals surface area contributed by atoms with Gasteiger partial charge in [0.2, 0.25) is 17.3 Å². The molecule has 0 amide bonds. The Morgan fingerprint density at radius 1 is 0.330 bits per heavy atom. The molecule has 0 aliphatic heterocycles. The number of Topliss-reactive ketones (excluding diaryl/α,β-unsaturated/α-hetero) is 3. The van der Waals surface area contributed by atoms with E-state index in [4.69, 9.17) is 42.6 Å². The maximum absolute atomic E-state index is 14.0. The molecule has 0 fully saturated rings. The first-order chi connectivity index (χ1) is 45.9. The van der Waals surface area contributed by atoms with Crippen molar-refractivity contribution in [1.29, 1.82) is 0 Å². The number of ketones is 6. The first-order valence-corrected chi connectivity index (χ1v) is 34.4. The number of rotatable bonds is 44. The summed E-state index contributed by atoms with van der Waals surface area (Å²) in [4.78, 5) is 80.8. The van der Waals surface area contributed by atoms with Gasteiger partial charge in [0.05, 0.1) is 54.9 Å². The summed E-state index contributed by atoms with van der Waals surface area (Å²) in [6, 6.07) is 47.4. The average molecular weight is 1330 g/mol. The molecule has 6 aromatic carbocycles. The summed E-state index contributed by atoms with van der Waals surface area (Å²) in [5.41, 5.74) is -3.19. The van der Waals surface area contributed by atoms with E-state index in [1.165, 1.54) is 0 Å². The molecule has 0 spiro atoms. The molecule has 0 N–H and O–H groups in total. The molecule has 0 saturated carbocycles. The standard InChI is InChI=1S/C82H106O15/c1-17-78(13,50-59(7)96-80(15,19-3)71(84)53-90-68-45-39-65(40-46-68)74(87)62-33-27-23-28-34-62)93-56-82(21-5,55-92-76(9,10)49-58(6)95-77(11,12)70(83)52-89-67-43-37-64(38-44-67)73(86)61-31-25-22-26-32-61)57-94-79(14,18-2)51-60(8)97-81(16,20-4)72(85)54-91-69-47-41-66(42-48-69)75(88)63-35-29-24-30-36-63/h22-48,58-60H,17-21,49-57H2,1-16H3. The lowest BCUT2D eigenvalue weighted by Crippen LogP contribution is -2.48. The summed E-state index contributed by atoms with van der Waals surface area (Å²) >= 11 is 0. The Balaban J connectivity index is 1.11. The van der Waals surface area contributed by atoms with Gasteiger partial charge in [0.1, 0.15) is 53.9 Å². The number of benzene rings is 6. The van der Waals surface area contributed by atoms with E-state index in [9.17, 15) is 28.8 Å². The lowest BCUT2D eigenvalue weighted by molar-refractivity contribution is -0.189. The average Bonchev–Trinajstić information content (AvgIpc) is 0.841. The van der Waals surface area contributed by atoms with E-state index in [1.54, 1.807) is 137 Å². The highest BCUT2D eigenvalue weighted by Gasteiger charge is 2.43. The maximum Gasteiger partial charge on any atom is 0.201 e. The van der Waals surface area contributed by atoms with Crippen LogP contribution in [0.3, 0.4) is 0 Å². The van der Waals surface area contributed by atoms with Crippen molar-refractivity contribution in [2.75, 3.05) is 39.6 Å². The van der Waals surface area contributed by atoms with Crippen molar-refractivity contribution >= 4 is 34.7 Å². The lowest BCUT2D eigenvalue weighted by Gasteiger charge is -2.43. The Morgan fingerprint density at radius 3 is 0.918 bits per heavy atom. The van der Waals surface area contributed by atoms with E-state index >= 15 is 0 Å². The summed E-state index contributed by atoms with van der Waals surface area (Å²) in [6.07, 6.45) is 2.72. The molecule has 15 nitrogen and oxygen atoms in total. The largest absolute Gasteiger partial charge is 0.486 e. The van der Waals surface area contributed by atoms with Crippen molar-refractivity contribution in [3.8, 4) is 17.2 Å². The van der Waals surface area contributed by atoms with Crippen LogP contribution < -0.4 is 14.2 Å². The van der Waals surface area contributed by atoms with Gasteiger partial charge in [-0.3, -0.25) is 28.8 Å². The zero-order chi connectivity index (χ0) is 71.2. The van der Waals surface area contributed by atoms with Crippen molar-refractivity contribution in [3.63, 3.8) is 0 Å². The first kappa shape index (κ1) is 78.5. The second kappa shape index (κ2) is 35.3. The molecule has 0 radical (unpaired) electrons. The van der Waals surface area contributed by atoms with Gasteiger partial charge in [-0.05, 0) is 181 Å². The minimum atomic E-state index is -1.21. The van der Waals surface area contributed by atoms with Crippen LogP contribution in [0.25, 0.3) is 0 Å². The van der Waals surface area contributed by atoms with Gasteiger partial charge in [-0.15, -0.1) is 0 Å². The molecule has 0 aliphatic carbocycles. The van der Waals surface area contributed by atoms with Gasteiger partial charge in [-0.1, -0.05) is 126 Å². The van der Waals surface area contributed by atoms with Crippen molar-refractivity contribution in [2.24, 2.45) is 5.41 Å². The third-order valence-electron chi connectivity index (χ3n) is 18.9. The second-order valence-corrected chi connectivity index (χ2v) is 28.0.